The number of carbonyl (C=O) groups is 1. The highest BCUT2D eigenvalue weighted by molar-refractivity contribution is 7.92. The third kappa shape index (κ3) is 2.47. The molecule has 2 aromatic rings. The fourth-order valence-electron chi connectivity index (χ4n) is 2.57. The van der Waals surface area contributed by atoms with E-state index in [1.807, 2.05) is 12.1 Å². The zero-order chi connectivity index (χ0) is 14.2. The SMILES string of the molecule is O=C(Cc1nc2ccccc2o1)C1CCCCS1(=O)=O. The van der Waals surface area contributed by atoms with E-state index in [0.717, 1.165) is 6.42 Å². The maximum Gasteiger partial charge on any atom is 0.202 e. The van der Waals surface area contributed by atoms with Crippen LogP contribution in [0, 0.1) is 0 Å². The zero-order valence-corrected chi connectivity index (χ0v) is 11.7. The largest absolute Gasteiger partial charge is 0.440 e. The number of rotatable bonds is 3. The lowest BCUT2D eigenvalue weighted by atomic mass is 10.1. The van der Waals surface area contributed by atoms with Crippen LogP contribution >= 0.6 is 0 Å². The third-order valence-electron chi connectivity index (χ3n) is 3.60. The molecule has 1 saturated heterocycles. The molecule has 6 heteroatoms. The van der Waals surface area contributed by atoms with Gasteiger partial charge in [0.05, 0.1) is 12.2 Å². The molecular weight excluding hydrogens is 278 g/mol. The van der Waals surface area contributed by atoms with E-state index in [0.29, 0.717) is 23.9 Å². The molecule has 2 heterocycles. The van der Waals surface area contributed by atoms with Crippen LogP contribution in [0.5, 0.6) is 0 Å². The molecule has 5 nitrogen and oxygen atoms in total. The van der Waals surface area contributed by atoms with Gasteiger partial charge in [0.1, 0.15) is 10.8 Å². The molecule has 1 unspecified atom stereocenters. The highest BCUT2D eigenvalue weighted by Gasteiger charge is 2.35. The maximum atomic E-state index is 12.2. The van der Waals surface area contributed by atoms with Crippen LogP contribution in [0.1, 0.15) is 25.2 Å². The Kier molecular flexibility index (Phi) is 3.33. The van der Waals surface area contributed by atoms with E-state index in [1.165, 1.54) is 0 Å². The quantitative estimate of drug-likeness (QED) is 0.864. The van der Waals surface area contributed by atoms with Crippen molar-refractivity contribution in [2.75, 3.05) is 5.75 Å². The number of para-hydroxylation sites is 2. The first-order valence-corrected chi connectivity index (χ1v) is 8.36. The van der Waals surface area contributed by atoms with Gasteiger partial charge in [-0.1, -0.05) is 18.6 Å². The molecular formula is C14H15NO4S. The minimum atomic E-state index is -3.29. The first-order valence-electron chi connectivity index (χ1n) is 6.65. The van der Waals surface area contributed by atoms with Crippen molar-refractivity contribution < 1.29 is 17.6 Å². The number of carbonyl (C=O) groups excluding carboxylic acids is 1. The first-order chi connectivity index (χ1) is 9.56. The number of sulfone groups is 1. The summed E-state index contributed by atoms with van der Waals surface area (Å²) in [6.07, 6.45) is 1.79. The van der Waals surface area contributed by atoms with Crippen LogP contribution in [-0.4, -0.2) is 30.2 Å². The molecule has 1 aromatic heterocycles. The maximum absolute atomic E-state index is 12.2. The van der Waals surface area contributed by atoms with Gasteiger partial charge in [-0.25, -0.2) is 13.4 Å². The van der Waals surface area contributed by atoms with Crippen molar-refractivity contribution in [1.82, 2.24) is 4.98 Å². The van der Waals surface area contributed by atoms with Gasteiger partial charge >= 0.3 is 0 Å². The highest BCUT2D eigenvalue weighted by Crippen LogP contribution is 2.22. The van der Waals surface area contributed by atoms with Crippen LogP contribution in [-0.2, 0) is 21.1 Å². The van der Waals surface area contributed by atoms with Gasteiger partial charge in [0, 0.05) is 0 Å². The number of aromatic nitrogens is 1. The van der Waals surface area contributed by atoms with Gasteiger partial charge in [0.2, 0.25) is 5.89 Å². The number of oxazole rings is 1. The predicted octanol–water partition coefficient (Wildman–Crippen LogP) is 1.91. The van der Waals surface area contributed by atoms with Gasteiger partial charge in [-0.15, -0.1) is 0 Å². The topological polar surface area (TPSA) is 77.2 Å². The van der Waals surface area contributed by atoms with Crippen molar-refractivity contribution in [2.45, 2.75) is 30.9 Å². The van der Waals surface area contributed by atoms with Crippen LogP contribution in [0.25, 0.3) is 11.1 Å². The minimum Gasteiger partial charge on any atom is -0.440 e. The molecule has 3 rings (SSSR count). The van der Waals surface area contributed by atoms with E-state index in [4.69, 9.17) is 4.42 Å². The molecule has 0 amide bonds. The van der Waals surface area contributed by atoms with E-state index in [-0.39, 0.29) is 23.8 Å². The van der Waals surface area contributed by atoms with Crippen LogP contribution in [0.15, 0.2) is 28.7 Å². The Hall–Kier alpha value is -1.69. The second-order valence-corrected chi connectivity index (χ2v) is 7.37. The smallest absolute Gasteiger partial charge is 0.202 e. The lowest BCUT2D eigenvalue weighted by Gasteiger charge is -2.20. The monoisotopic (exact) mass is 293 g/mol. The first kappa shape index (κ1) is 13.3. The number of Topliss-reactive ketones (excluding diaryl/α,β-unsaturated/α-hetero) is 1. The number of benzene rings is 1. The summed E-state index contributed by atoms with van der Waals surface area (Å²) in [5.74, 6) is 0.0879. The summed E-state index contributed by atoms with van der Waals surface area (Å²) in [4.78, 5) is 16.4. The summed E-state index contributed by atoms with van der Waals surface area (Å²) in [6, 6.07) is 7.23. The molecule has 1 aromatic carbocycles. The van der Waals surface area contributed by atoms with Crippen LogP contribution in [0.3, 0.4) is 0 Å². The van der Waals surface area contributed by atoms with Gasteiger partial charge in [-0.3, -0.25) is 4.79 Å². The van der Waals surface area contributed by atoms with E-state index in [1.54, 1.807) is 12.1 Å². The Balaban J connectivity index is 1.81. The van der Waals surface area contributed by atoms with E-state index in [2.05, 4.69) is 4.98 Å². The van der Waals surface area contributed by atoms with Gasteiger partial charge in [-0.05, 0) is 25.0 Å². The summed E-state index contributed by atoms with van der Waals surface area (Å²) in [5.41, 5.74) is 1.30. The summed E-state index contributed by atoms with van der Waals surface area (Å²) in [6.45, 7) is 0. The average molecular weight is 293 g/mol. The second kappa shape index (κ2) is 5.01. The predicted molar refractivity (Wildman–Crippen MR) is 74.1 cm³/mol. The van der Waals surface area contributed by atoms with Crippen molar-refractivity contribution in [3.8, 4) is 0 Å². The van der Waals surface area contributed by atoms with Gasteiger partial charge in [0.15, 0.2) is 21.2 Å². The van der Waals surface area contributed by atoms with Crippen molar-refractivity contribution in [1.29, 1.82) is 0 Å². The van der Waals surface area contributed by atoms with Crippen molar-refractivity contribution in [3.63, 3.8) is 0 Å². The number of hydrogen-bond donors (Lipinski definition) is 0. The van der Waals surface area contributed by atoms with E-state index < -0.39 is 15.1 Å². The van der Waals surface area contributed by atoms with Crippen LogP contribution in [0.4, 0.5) is 0 Å². The summed E-state index contributed by atoms with van der Waals surface area (Å²) in [7, 11) is -3.29. The lowest BCUT2D eigenvalue weighted by Crippen LogP contribution is -2.36. The number of ketones is 1. The molecule has 0 bridgehead atoms. The highest BCUT2D eigenvalue weighted by atomic mass is 32.2. The fraction of sp³-hybridized carbons (Fsp3) is 0.429. The van der Waals surface area contributed by atoms with Crippen LogP contribution < -0.4 is 0 Å². The molecule has 0 saturated carbocycles. The molecule has 20 heavy (non-hydrogen) atoms. The van der Waals surface area contributed by atoms with Crippen LogP contribution in [0.2, 0.25) is 0 Å². The average Bonchev–Trinajstić information content (AvgIpc) is 2.80. The van der Waals surface area contributed by atoms with Gasteiger partial charge in [0.25, 0.3) is 0 Å². The van der Waals surface area contributed by atoms with Crippen molar-refractivity contribution in [3.05, 3.63) is 30.2 Å². The summed E-state index contributed by atoms with van der Waals surface area (Å²) < 4.78 is 29.3. The molecule has 1 atom stereocenters. The Morgan fingerprint density at radius 3 is 2.85 bits per heavy atom. The Labute approximate surface area is 116 Å². The minimum absolute atomic E-state index is 0.0570. The Bertz CT molecular complexity index is 714. The lowest BCUT2D eigenvalue weighted by molar-refractivity contribution is -0.118. The normalized spacial score (nSPS) is 21.9. The zero-order valence-electron chi connectivity index (χ0n) is 10.9. The number of nitrogens with zero attached hydrogens (tertiary/aromatic N) is 1. The van der Waals surface area contributed by atoms with Crippen molar-refractivity contribution in [2.24, 2.45) is 0 Å². The summed E-state index contributed by atoms with van der Waals surface area (Å²) >= 11 is 0. The molecule has 0 aliphatic carbocycles. The standard InChI is InChI=1S/C14H15NO4S/c16-11(13-7-3-4-8-20(13,17)18)9-14-15-10-5-1-2-6-12(10)19-14/h1-2,5-6,13H,3-4,7-9H2. The molecule has 0 radical (unpaired) electrons. The van der Waals surface area contributed by atoms with Gasteiger partial charge < -0.3 is 4.42 Å². The summed E-state index contributed by atoms with van der Waals surface area (Å²) in [5, 5.41) is -0.883. The second-order valence-electron chi connectivity index (χ2n) is 5.07. The Morgan fingerprint density at radius 2 is 2.10 bits per heavy atom. The molecule has 1 aliphatic rings. The van der Waals surface area contributed by atoms with Crippen molar-refractivity contribution >= 4 is 26.7 Å². The molecule has 1 aliphatic heterocycles. The van der Waals surface area contributed by atoms with Gasteiger partial charge in [-0.2, -0.15) is 0 Å². The molecule has 0 N–H and O–H groups in total. The third-order valence-corrected chi connectivity index (χ3v) is 5.82. The van der Waals surface area contributed by atoms with E-state index >= 15 is 0 Å². The van der Waals surface area contributed by atoms with E-state index in [9.17, 15) is 13.2 Å². The number of hydrogen-bond acceptors (Lipinski definition) is 5. The molecule has 1 fully saturated rings. The fourth-order valence-corrected chi connectivity index (χ4v) is 4.48. The Morgan fingerprint density at radius 1 is 1.30 bits per heavy atom. The molecule has 106 valence electrons. The molecule has 0 spiro atoms. The number of fused-ring (bicyclic) bond motifs is 1.